The first kappa shape index (κ1) is 12.0. The van der Waals surface area contributed by atoms with Crippen LogP contribution in [0.15, 0.2) is 0 Å². The fraction of sp³-hybridized carbons (Fsp3) is 1.00. The van der Waals surface area contributed by atoms with E-state index in [0.717, 1.165) is 43.9 Å². The second-order valence-electron chi connectivity index (χ2n) is 4.18. The van der Waals surface area contributed by atoms with Crippen LogP contribution in [0.2, 0.25) is 0 Å². The zero-order valence-corrected chi connectivity index (χ0v) is 10.6. The Labute approximate surface area is 99.7 Å². The average molecular weight is 248 g/mol. The molecule has 2 heterocycles. The summed E-state index contributed by atoms with van der Waals surface area (Å²) in [7, 11) is 0. The van der Waals surface area contributed by atoms with Gasteiger partial charge >= 0.3 is 0 Å². The number of thioether (sulfide) groups is 2. The first-order valence-electron chi connectivity index (χ1n) is 5.48. The highest BCUT2D eigenvalue weighted by molar-refractivity contribution is 8.01. The third-order valence-electron chi connectivity index (χ3n) is 2.87. The molecule has 0 aliphatic carbocycles. The van der Waals surface area contributed by atoms with Gasteiger partial charge < -0.3 is 11.5 Å². The van der Waals surface area contributed by atoms with E-state index < -0.39 is 0 Å². The molecule has 0 aromatic rings. The van der Waals surface area contributed by atoms with Crippen LogP contribution in [0.4, 0.5) is 0 Å². The largest absolute Gasteiger partial charge is 0.305 e. The van der Waals surface area contributed by atoms with E-state index in [1.54, 1.807) is 0 Å². The molecule has 0 aromatic heterocycles. The number of nitrogens with two attached hydrogens (primary N) is 2. The van der Waals surface area contributed by atoms with E-state index >= 15 is 0 Å². The molecular weight excluding hydrogens is 228 g/mol. The van der Waals surface area contributed by atoms with Gasteiger partial charge in [0.2, 0.25) is 0 Å². The molecule has 2 saturated heterocycles. The summed E-state index contributed by atoms with van der Waals surface area (Å²) in [5.74, 6) is 2.24. The molecule has 88 valence electrons. The van der Waals surface area contributed by atoms with Crippen molar-refractivity contribution in [1.29, 1.82) is 0 Å². The molecule has 0 radical (unpaired) electrons. The summed E-state index contributed by atoms with van der Waals surface area (Å²) < 4.78 is 0. The lowest BCUT2D eigenvalue weighted by molar-refractivity contribution is 0.410. The predicted octanol–water partition coefficient (Wildman–Crippen LogP) is 0.0545. The van der Waals surface area contributed by atoms with Crippen molar-refractivity contribution in [3.63, 3.8) is 0 Å². The fourth-order valence-electron chi connectivity index (χ4n) is 2.03. The highest BCUT2D eigenvalue weighted by atomic mass is 32.2. The summed E-state index contributed by atoms with van der Waals surface area (Å²) >= 11 is 3.65. The molecule has 15 heavy (non-hydrogen) atoms. The standard InChI is InChI=1S/C9H20N4S2/c10-8(12-4-6-14-8)2-1-3-9(11)13-5-7-15-9/h12-13H,1-7,10-11H2. The van der Waals surface area contributed by atoms with Crippen LogP contribution in [0.1, 0.15) is 19.3 Å². The summed E-state index contributed by atoms with van der Waals surface area (Å²) in [5.41, 5.74) is 12.3. The molecular formula is C9H20N4S2. The summed E-state index contributed by atoms with van der Waals surface area (Å²) in [5, 5.41) is 6.69. The topological polar surface area (TPSA) is 76.1 Å². The molecule has 0 amide bonds. The maximum Gasteiger partial charge on any atom is 0.114 e. The molecule has 4 nitrogen and oxygen atoms in total. The Morgan fingerprint density at radius 2 is 1.40 bits per heavy atom. The lowest BCUT2D eigenvalue weighted by Gasteiger charge is -2.27. The lowest BCUT2D eigenvalue weighted by atomic mass is 10.1. The Kier molecular flexibility index (Phi) is 3.85. The fourth-order valence-corrected chi connectivity index (χ4v) is 4.15. The van der Waals surface area contributed by atoms with Crippen molar-refractivity contribution in [3.8, 4) is 0 Å². The Bertz CT molecular complexity index is 190. The van der Waals surface area contributed by atoms with Crippen LogP contribution in [0.25, 0.3) is 0 Å². The normalized spacial score (nSPS) is 41.2. The molecule has 6 heteroatoms. The Morgan fingerprint density at radius 3 is 1.73 bits per heavy atom. The highest BCUT2D eigenvalue weighted by Gasteiger charge is 2.32. The van der Waals surface area contributed by atoms with Crippen LogP contribution >= 0.6 is 23.5 Å². The van der Waals surface area contributed by atoms with Gasteiger partial charge in [-0.3, -0.25) is 10.6 Å². The van der Waals surface area contributed by atoms with Gasteiger partial charge in [-0.2, -0.15) is 0 Å². The van der Waals surface area contributed by atoms with Crippen LogP contribution < -0.4 is 22.1 Å². The average Bonchev–Trinajstić information content (AvgIpc) is 2.76. The molecule has 2 unspecified atom stereocenters. The second-order valence-corrected chi connectivity index (χ2v) is 7.03. The quantitative estimate of drug-likeness (QED) is 0.563. The van der Waals surface area contributed by atoms with Gasteiger partial charge in [-0.15, -0.1) is 23.5 Å². The van der Waals surface area contributed by atoms with Crippen LogP contribution in [0.3, 0.4) is 0 Å². The molecule has 2 atom stereocenters. The van der Waals surface area contributed by atoms with Crippen LogP contribution in [0.5, 0.6) is 0 Å². The Hall–Kier alpha value is 0.540. The summed E-state index contributed by atoms with van der Waals surface area (Å²) in [6.45, 7) is 2.06. The van der Waals surface area contributed by atoms with Crippen molar-refractivity contribution in [1.82, 2.24) is 10.6 Å². The second kappa shape index (κ2) is 4.81. The van der Waals surface area contributed by atoms with Gasteiger partial charge in [-0.1, -0.05) is 0 Å². The first-order valence-corrected chi connectivity index (χ1v) is 7.45. The van der Waals surface area contributed by atoms with Crippen molar-refractivity contribution < 1.29 is 0 Å². The van der Waals surface area contributed by atoms with E-state index in [9.17, 15) is 0 Å². The summed E-state index contributed by atoms with van der Waals surface area (Å²) in [4.78, 5) is -0.390. The molecule has 6 N–H and O–H groups in total. The number of hydrogen-bond acceptors (Lipinski definition) is 6. The molecule has 0 saturated carbocycles. The zero-order chi connectivity index (χ0) is 10.8. The van der Waals surface area contributed by atoms with Gasteiger partial charge in [-0.25, -0.2) is 0 Å². The molecule has 2 rings (SSSR count). The van der Waals surface area contributed by atoms with Crippen molar-refractivity contribution in [2.24, 2.45) is 11.5 Å². The minimum Gasteiger partial charge on any atom is -0.305 e. The molecule has 2 aliphatic rings. The minimum atomic E-state index is -0.195. The third kappa shape index (κ3) is 3.25. The maximum absolute atomic E-state index is 6.17. The van der Waals surface area contributed by atoms with E-state index in [1.807, 2.05) is 23.5 Å². The lowest BCUT2D eigenvalue weighted by Crippen LogP contribution is -2.49. The monoisotopic (exact) mass is 248 g/mol. The minimum absolute atomic E-state index is 0.195. The highest BCUT2D eigenvalue weighted by Crippen LogP contribution is 2.31. The van der Waals surface area contributed by atoms with E-state index in [4.69, 9.17) is 11.5 Å². The molecule has 2 fully saturated rings. The molecule has 0 bridgehead atoms. The zero-order valence-electron chi connectivity index (χ0n) is 8.92. The Balaban J connectivity index is 1.69. The summed E-state index contributed by atoms with van der Waals surface area (Å²) in [6, 6.07) is 0. The van der Waals surface area contributed by atoms with Crippen LogP contribution in [-0.2, 0) is 0 Å². The Morgan fingerprint density at radius 1 is 0.933 bits per heavy atom. The molecule has 2 aliphatic heterocycles. The smallest absolute Gasteiger partial charge is 0.114 e. The maximum atomic E-state index is 6.17. The van der Waals surface area contributed by atoms with Crippen LogP contribution in [-0.4, -0.2) is 34.6 Å². The third-order valence-corrected chi connectivity index (χ3v) is 5.41. The van der Waals surface area contributed by atoms with Crippen molar-refractivity contribution in [2.45, 2.75) is 29.3 Å². The van der Waals surface area contributed by atoms with E-state index in [-0.39, 0.29) is 9.99 Å². The van der Waals surface area contributed by atoms with E-state index in [1.165, 1.54) is 0 Å². The number of hydrogen-bond donors (Lipinski definition) is 4. The van der Waals surface area contributed by atoms with Crippen LogP contribution in [0, 0.1) is 0 Å². The molecule has 0 aromatic carbocycles. The number of nitrogens with one attached hydrogen (secondary N) is 2. The summed E-state index contributed by atoms with van der Waals surface area (Å²) in [6.07, 6.45) is 3.07. The van der Waals surface area contributed by atoms with E-state index in [0.29, 0.717) is 0 Å². The molecule has 0 spiro atoms. The predicted molar refractivity (Wildman–Crippen MR) is 68.6 cm³/mol. The van der Waals surface area contributed by atoms with Crippen molar-refractivity contribution in [2.75, 3.05) is 24.6 Å². The van der Waals surface area contributed by atoms with Gasteiger partial charge in [0.25, 0.3) is 0 Å². The first-order chi connectivity index (χ1) is 7.12. The van der Waals surface area contributed by atoms with Gasteiger partial charge in [0.1, 0.15) is 9.99 Å². The SMILES string of the molecule is NC1(CCCC2(N)NCCS2)NCCS1. The van der Waals surface area contributed by atoms with E-state index in [2.05, 4.69) is 10.6 Å². The van der Waals surface area contributed by atoms with Crippen molar-refractivity contribution >= 4 is 23.5 Å². The van der Waals surface area contributed by atoms with Crippen molar-refractivity contribution in [3.05, 3.63) is 0 Å². The number of rotatable bonds is 4. The van der Waals surface area contributed by atoms with Gasteiger partial charge in [-0.05, 0) is 19.3 Å². The van der Waals surface area contributed by atoms with Gasteiger partial charge in [0, 0.05) is 24.6 Å². The van der Waals surface area contributed by atoms with Gasteiger partial charge in [0.05, 0.1) is 0 Å². The van der Waals surface area contributed by atoms with Gasteiger partial charge in [0.15, 0.2) is 0 Å².